The van der Waals surface area contributed by atoms with Gasteiger partial charge >= 0.3 is 17.9 Å². The number of hydrogen-bond acceptors (Lipinski definition) is 12. The van der Waals surface area contributed by atoms with E-state index in [2.05, 4.69) is 11.7 Å². The van der Waals surface area contributed by atoms with Crippen molar-refractivity contribution in [3.05, 3.63) is 219 Å². The molecule has 0 aromatic heterocycles. The lowest BCUT2D eigenvalue weighted by molar-refractivity contribution is -0.137. The fourth-order valence-corrected chi connectivity index (χ4v) is 7.56. The maximum Gasteiger partial charge on any atom is 0.338 e. The lowest BCUT2D eigenvalue weighted by Gasteiger charge is -2.05. The number of esters is 3. The molecule has 0 fully saturated rings. The lowest BCUT2D eigenvalue weighted by Crippen LogP contribution is -2.06. The molecule has 0 aliphatic carbocycles. The van der Waals surface area contributed by atoms with Crippen LogP contribution >= 0.6 is 0 Å². The van der Waals surface area contributed by atoms with Gasteiger partial charge in [-0.2, -0.15) is 0 Å². The quantitative estimate of drug-likeness (QED) is 0.00938. The Kier molecular flexibility index (Phi) is 25.7. The van der Waals surface area contributed by atoms with Gasteiger partial charge in [-0.05, 0) is 130 Å². The number of phenolic OH excluding ortho intramolecular Hbond substituents is 6. The number of ether oxygens (including phenoxy) is 3. The Morgan fingerprint density at radius 2 is 0.650 bits per heavy atom. The van der Waals surface area contributed by atoms with Gasteiger partial charge in [-0.1, -0.05) is 191 Å². The Morgan fingerprint density at radius 3 is 0.988 bits per heavy atom. The van der Waals surface area contributed by atoms with Crippen LogP contribution in [0.5, 0.6) is 34.5 Å². The molecule has 0 saturated carbocycles. The van der Waals surface area contributed by atoms with Crippen LogP contribution in [0.15, 0.2) is 158 Å². The first-order valence-electron chi connectivity index (χ1n) is 26.5. The number of benzene rings is 7. The van der Waals surface area contributed by atoms with Crippen molar-refractivity contribution in [3.8, 4) is 34.5 Å². The van der Waals surface area contributed by atoms with Crippen molar-refractivity contribution in [2.75, 3.05) is 20.3 Å². The number of rotatable bonds is 22. The Labute approximate surface area is 468 Å². The molecule has 7 aromatic rings. The molecule has 7 rings (SSSR count). The predicted octanol–water partition coefficient (Wildman–Crippen LogP) is 15.6. The van der Waals surface area contributed by atoms with Crippen LogP contribution in [0.25, 0.3) is 54.7 Å². The molecule has 12 heteroatoms. The fourth-order valence-electron chi connectivity index (χ4n) is 7.56. The van der Waals surface area contributed by atoms with Crippen LogP contribution in [0.3, 0.4) is 0 Å². The van der Waals surface area contributed by atoms with Crippen molar-refractivity contribution >= 4 is 72.6 Å². The van der Waals surface area contributed by atoms with Gasteiger partial charge < -0.3 is 44.8 Å². The lowest BCUT2D eigenvalue weighted by atomic mass is 10.1. The zero-order valence-electron chi connectivity index (χ0n) is 45.4. The molecule has 0 unspecified atom stereocenters. The fraction of sp³-hybridized carbons (Fsp3) is 0.191. The van der Waals surface area contributed by atoms with E-state index in [0.717, 1.165) is 62.9 Å². The van der Waals surface area contributed by atoms with Gasteiger partial charge in [0, 0.05) is 6.08 Å². The zero-order valence-corrected chi connectivity index (χ0v) is 45.4. The Morgan fingerprint density at radius 1 is 0.350 bits per heavy atom. The van der Waals surface area contributed by atoms with Crippen LogP contribution in [0, 0.1) is 0 Å². The molecule has 80 heavy (non-hydrogen) atoms. The van der Waals surface area contributed by atoms with Crippen molar-refractivity contribution in [1.82, 2.24) is 0 Å². The molecule has 0 saturated heterocycles. The van der Waals surface area contributed by atoms with E-state index in [4.69, 9.17) is 9.47 Å². The van der Waals surface area contributed by atoms with Crippen LogP contribution in [-0.4, -0.2) is 68.9 Å². The van der Waals surface area contributed by atoms with E-state index in [1.807, 2.05) is 121 Å². The van der Waals surface area contributed by atoms with Crippen LogP contribution < -0.4 is 0 Å². The van der Waals surface area contributed by atoms with Crippen molar-refractivity contribution < 1.29 is 59.2 Å². The molecule has 0 heterocycles. The molecule has 0 radical (unpaired) electrons. The van der Waals surface area contributed by atoms with Crippen LogP contribution in [0.2, 0.25) is 0 Å². The second kappa shape index (κ2) is 33.6. The summed E-state index contributed by atoms with van der Waals surface area (Å²) in [5.41, 5.74) is 9.30. The van der Waals surface area contributed by atoms with Crippen LogP contribution in [0.1, 0.15) is 136 Å². The molecule has 6 N–H and O–H groups in total. The molecule has 0 amide bonds. The van der Waals surface area contributed by atoms with Crippen molar-refractivity contribution in [2.24, 2.45) is 0 Å². The Balaban J connectivity index is 0.000000222. The van der Waals surface area contributed by atoms with E-state index in [-0.39, 0.29) is 52.4 Å². The number of carbonyl (C=O) groups excluding carboxylic acids is 3. The summed E-state index contributed by atoms with van der Waals surface area (Å²) in [6.07, 6.45) is 28.0. The third-order valence-corrected chi connectivity index (χ3v) is 12.2. The molecular formula is C68H70O12. The summed E-state index contributed by atoms with van der Waals surface area (Å²) >= 11 is 0. The third kappa shape index (κ3) is 22.2. The first-order chi connectivity index (χ1) is 38.7. The number of carbonyl (C=O) groups is 3. The zero-order chi connectivity index (χ0) is 57.5. The van der Waals surface area contributed by atoms with Crippen LogP contribution in [-0.2, 0) is 19.0 Å². The Bertz CT molecular complexity index is 3200. The van der Waals surface area contributed by atoms with Gasteiger partial charge in [-0.3, -0.25) is 0 Å². The highest BCUT2D eigenvalue weighted by molar-refractivity contribution is 5.90. The van der Waals surface area contributed by atoms with Gasteiger partial charge in [0.05, 0.1) is 31.5 Å². The van der Waals surface area contributed by atoms with E-state index in [1.54, 1.807) is 55.5 Å². The highest BCUT2D eigenvalue weighted by Crippen LogP contribution is 2.28. The summed E-state index contributed by atoms with van der Waals surface area (Å²) < 4.78 is 14.9. The van der Waals surface area contributed by atoms with Crippen molar-refractivity contribution in [2.45, 2.75) is 65.2 Å². The van der Waals surface area contributed by atoms with E-state index in [0.29, 0.717) is 24.3 Å². The summed E-state index contributed by atoms with van der Waals surface area (Å²) in [4.78, 5) is 34.8. The number of methoxy groups -OCH3 is 1. The van der Waals surface area contributed by atoms with Crippen molar-refractivity contribution in [1.29, 1.82) is 0 Å². The monoisotopic (exact) mass is 1080 g/mol. The highest BCUT2D eigenvalue weighted by atomic mass is 16.5. The summed E-state index contributed by atoms with van der Waals surface area (Å²) in [5, 5.41) is 56.4. The average Bonchev–Trinajstić information content (AvgIpc) is 3.48. The van der Waals surface area contributed by atoms with Gasteiger partial charge in [0.1, 0.15) is 0 Å². The minimum atomic E-state index is -0.358. The molecular weight excluding hydrogens is 1010 g/mol. The first-order valence-corrected chi connectivity index (χ1v) is 26.5. The van der Waals surface area contributed by atoms with Crippen LogP contribution in [0.4, 0.5) is 0 Å². The molecule has 7 aromatic carbocycles. The summed E-state index contributed by atoms with van der Waals surface area (Å²) in [6, 6.07) is 44.0. The van der Waals surface area contributed by atoms with E-state index in [1.165, 1.54) is 88.1 Å². The minimum absolute atomic E-state index is 0.131. The maximum absolute atomic E-state index is 12.1. The SMILES string of the molecule is CCCCCCCCCCOC(=O)c1ccc(/C=C/c2ccc(O)c(O)c2)cc1.CCOC(=O)/C=C/c1ccc(/C=C/c2ccc(O)c(O)c2)cc1.COC(=O)c1ccc(/C=C/c2ccc(/C=C/c3ccc(O)c(O)c3)cc2)cc1. The Hall–Kier alpha value is -9.55. The van der Waals surface area contributed by atoms with E-state index in [9.17, 15) is 45.0 Å². The normalized spacial score (nSPS) is 11.1. The van der Waals surface area contributed by atoms with Gasteiger partial charge in [-0.25, -0.2) is 14.4 Å². The predicted molar refractivity (Wildman–Crippen MR) is 321 cm³/mol. The number of aromatic hydroxyl groups is 6. The van der Waals surface area contributed by atoms with Gasteiger partial charge in [-0.15, -0.1) is 0 Å². The molecule has 0 aliphatic heterocycles. The molecule has 414 valence electrons. The molecule has 0 atom stereocenters. The molecule has 0 aliphatic rings. The van der Waals surface area contributed by atoms with Gasteiger partial charge in [0.15, 0.2) is 34.5 Å². The molecule has 0 bridgehead atoms. The number of hydrogen-bond donors (Lipinski definition) is 6. The topological polar surface area (TPSA) is 200 Å². The van der Waals surface area contributed by atoms with Gasteiger partial charge in [0.25, 0.3) is 0 Å². The van der Waals surface area contributed by atoms with Gasteiger partial charge in [0.2, 0.25) is 0 Å². The second-order valence-corrected chi connectivity index (χ2v) is 18.3. The summed E-state index contributed by atoms with van der Waals surface area (Å²) in [5.74, 6) is -1.84. The maximum atomic E-state index is 12.1. The number of unbranched alkanes of at least 4 members (excludes halogenated alkanes) is 7. The van der Waals surface area contributed by atoms with E-state index < -0.39 is 0 Å². The molecule has 0 spiro atoms. The second-order valence-electron chi connectivity index (χ2n) is 18.3. The first kappa shape index (κ1) is 61.3. The number of phenols is 6. The minimum Gasteiger partial charge on any atom is -0.504 e. The van der Waals surface area contributed by atoms with Crippen molar-refractivity contribution in [3.63, 3.8) is 0 Å². The summed E-state index contributed by atoms with van der Waals surface area (Å²) in [6.45, 7) is 4.82. The standard InChI is InChI=1S/C25H32O4.C24H20O4.C19H18O4/c1-2-3-4-5-6-7-8-9-18-29-25(28)22-15-12-20(13-16-22)10-11-21-14-17-23(26)24(27)19-21;1-28-24(27)21-13-10-19(11-14-21)7-6-17-2-4-18(5-3-17)8-9-20-12-15-22(25)23(26)16-20;1-2-23-19(22)12-10-15-5-3-14(4-6-15)7-8-16-9-11-17(20)18(21)13-16/h10-17,19,26-27H,2-9,18H2,1H3;2-16,25-26H,1H3;3-13,20-21H,2H2,1H3/b11-10+;7-6+,9-8+;8-7+,12-10+. The molecule has 12 nitrogen and oxygen atoms in total. The largest absolute Gasteiger partial charge is 0.504 e. The highest BCUT2D eigenvalue weighted by Gasteiger charge is 2.08. The summed E-state index contributed by atoms with van der Waals surface area (Å²) in [7, 11) is 1.36. The van der Waals surface area contributed by atoms with E-state index >= 15 is 0 Å². The third-order valence-electron chi connectivity index (χ3n) is 12.2. The average molecular weight is 1080 g/mol. The smallest absolute Gasteiger partial charge is 0.338 e.